The number of aldehydes is 1. The van der Waals surface area contributed by atoms with Crippen molar-refractivity contribution in [3.8, 4) is 0 Å². The van der Waals surface area contributed by atoms with Gasteiger partial charge in [0.1, 0.15) is 5.84 Å². The Labute approximate surface area is 124 Å². The lowest BCUT2D eigenvalue weighted by atomic mass is 10.1. The minimum absolute atomic E-state index is 0.298. The highest BCUT2D eigenvalue weighted by molar-refractivity contribution is 6.30. The Morgan fingerprint density at radius 3 is 2.48 bits per heavy atom. The average Bonchev–Trinajstić information content (AvgIpc) is 2.52. The van der Waals surface area contributed by atoms with Crippen molar-refractivity contribution in [1.82, 2.24) is 0 Å². The molecule has 0 saturated carbocycles. The Kier molecular flexibility index (Phi) is 4.61. The predicted octanol–water partition coefficient (Wildman–Crippen LogP) is 3.05. The van der Waals surface area contributed by atoms with Crippen LogP contribution in [0.1, 0.15) is 11.1 Å². The largest absolute Gasteiger partial charge is 0.329 e. The second kappa shape index (κ2) is 6.61. The molecular formula is C17H17N3O. The van der Waals surface area contributed by atoms with Gasteiger partial charge in [-0.2, -0.15) is 0 Å². The third-order valence-corrected chi connectivity index (χ3v) is 3.08. The Morgan fingerprint density at radius 1 is 1.14 bits per heavy atom. The zero-order valence-corrected chi connectivity index (χ0v) is 12.1. The van der Waals surface area contributed by atoms with Crippen LogP contribution in [0.3, 0.4) is 0 Å². The van der Waals surface area contributed by atoms with Gasteiger partial charge in [0.15, 0.2) is 12.1 Å². The smallest absolute Gasteiger partial charge is 0.187 e. The van der Waals surface area contributed by atoms with Gasteiger partial charge >= 0.3 is 0 Å². The Bertz CT molecular complexity index is 677. The van der Waals surface area contributed by atoms with Crippen LogP contribution in [0.25, 0.3) is 0 Å². The fourth-order valence-corrected chi connectivity index (χ4v) is 2.02. The average molecular weight is 279 g/mol. The van der Waals surface area contributed by atoms with E-state index in [9.17, 15) is 4.79 Å². The van der Waals surface area contributed by atoms with Gasteiger partial charge in [-0.15, -0.1) is 0 Å². The summed E-state index contributed by atoms with van der Waals surface area (Å²) in [5, 5.41) is 7.53. The Hall–Kier alpha value is -2.75. The number of carbonyl (C=O) groups excluding carboxylic acids is 1. The van der Waals surface area contributed by atoms with Crippen LogP contribution in [0.2, 0.25) is 0 Å². The fourth-order valence-electron chi connectivity index (χ4n) is 2.02. The standard InChI is InChI=1S/C17H17N3O/c1-13-7-6-10-15(11-13)20(2)17(19-16(18)12-21)14-8-4-3-5-9-14/h3-12,18H,1-2H3. The molecule has 0 spiro atoms. The summed E-state index contributed by atoms with van der Waals surface area (Å²) >= 11 is 0. The third-order valence-electron chi connectivity index (χ3n) is 3.08. The summed E-state index contributed by atoms with van der Waals surface area (Å²) in [6.07, 6.45) is 0.438. The summed E-state index contributed by atoms with van der Waals surface area (Å²) < 4.78 is 0. The number of amidine groups is 2. The van der Waals surface area contributed by atoms with E-state index in [2.05, 4.69) is 4.99 Å². The highest BCUT2D eigenvalue weighted by atomic mass is 16.1. The molecule has 2 aromatic rings. The van der Waals surface area contributed by atoms with Gasteiger partial charge in [-0.25, -0.2) is 4.99 Å². The van der Waals surface area contributed by atoms with Gasteiger partial charge in [-0.1, -0.05) is 42.5 Å². The molecule has 0 unspecified atom stereocenters. The highest BCUT2D eigenvalue weighted by Gasteiger charge is 2.12. The van der Waals surface area contributed by atoms with Crippen molar-refractivity contribution in [2.45, 2.75) is 6.92 Å². The van der Waals surface area contributed by atoms with E-state index >= 15 is 0 Å². The lowest BCUT2D eigenvalue weighted by Gasteiger charge is -2.22. The molecule has 0 aliphatic rings. The second-order valence-corrected chi connectivity index (χ2v) is 4.70. The monoisotopic (exact) mass is 279 g/mol. The number of aliphatic imine (C=N–C) groups is 1. The third kappa shape index (κ3) is 3.63. The molecule has 0 saturated heterocycles. The van der Waals surface area contributed by atoms with E-state index in [1.807, 2.05) is 73.5 Å². The highest BCUT2D eigenvalue weighted by Crippen LogP contribution is 2.17. The summed E-state index contributed by atoms with van der Waals surface area (Å²) in [5.74, 6) is 0.270. The van der Waals surface area contributed by atoms with Gasteiger partial charge < -0.3 is 4.90 Å². The zero-order chi connectivity index (χ0) is 15.2. The molecule has 0 heterocycles. The lowest BCUT2D eigenvalue weighted by molar-refractivity contribution is -0.102. The SMILES string of the molecule is Cc1cccc(N(C)C(=NC(=N)C=O)c2ccccc2)c1. The van der Waals surface area contributed by atoms with Crippen LogP contribution in [0.4, 0.5) is 5.69 Å². The van der Waals surface area contributed by atoms with Crippen LogP contribution in [0.15, 0.2) is 59.6 Å². The van der Waals surface area contributed by atoms with Crippen molar-refractivity contribution in [1.29, 1.82) is 5.41 Å². The van der Waals surface area contributed by atoms with Gasteiger partial charge in [0.25, 0.3) is 0 Å². The van der Waals surface area contributed by atoms with E-state index in [0.29, 0.717) is 12.1 Å². The molecule has 0 atom stereocenters. The number of carbonyl (C=O) groups is 1. The number of nitrogens with one attached hydrogen (secondary N) is 1. The number of nitrogens with zero attached hydrogens (tertiary/aromatic N) is 2. The quantitative estimate of drug-likeness (QED) is 0.533. The molecule has 21 heavy (non-hydrogen) atoms. The van der Waals surface area contributed by atoms with Gasteiger partial charge in [0.05, 0.1) is 0 Å². The molecule has 0 bridgehead atoms. The van der Waals surface area contributed by atoms with Crippen LogP contribution >= 0.6 is 0 Å². The predicted molar refractivity (Wildman–Crippen MR) is 86.4 cm³/mol. The zero-order valence-electron chi connectivity index (χ0n) is 12.1. The van der Waals surface area contributed by atoms with Gasteiger partial charge in [0.2, 0.25) is 0 Å². The number of anilines is 1. The van der Waals surface area contributed by atoms with E-state index in [4.69, 9.17) is 5.41 Å². The van der Waals surface area contributed by atoms with Crippen LogP contribution in [-0.2, 0) is 4.79 Å². The van der Waals surface area contributed by atoms with Crippen LogP contribution in [-0.4, -0.2) is 25.0 Å². The minimum atomic E-state index is -0.298. The summed E-state index contributed by atoms with van der Waals surface area (Å²) in [6, 6.07) is 17.5. The summed E-state index contributed by atoms with van der Waals surface area (Å²) in [6.45, 7) is 2.02. The number of aryl methyl sites for hydroxylation is 1. The molecular weight excluding hydrogens is 262 g/mol. The van der Waals surface area contributed by atoms with Crippen LogP contribution in [0, 0.1) is 12.3 Å². The molecule has 0 aromatic heterocycles. The number of benzene rings is 2. The van der Waals surface area contributed by atoms with E-state index in [1.54, 1.807) is 0 Å². The maximum absolute atomic E-state index is 10.7. The van der Waals surface area contributed by atoms with Crippen LogP contribution < -0.4 is 4.90 Å². The van der Waals surface area contributed by atoms with Crippen molar-refractivity contribution in [3.63, 3.8) is 0 Å². The van der Waals surface area contributed by atoms with Gasteiger partial charge in [-0.05, 0) is 24.6 Å². The summed E-state index contributed by atoms with van der Waals surface area (Å²) in [4.78, 5) is 16.7. The van der Waals surface area contributed by atoms with E-state index in [-0.39, 0.29) is 5.84 Å². The van der Waals surface area contributed by atoms with Gasteiger partial charge in [-0.3, -0.25) is 10.2 Å². The summed E-state index contributed by atoms with van der Waals surface area (Å²) in [7, 11) is 1.87. The Balaban J connectivity index is 2.47. The Morgan fingerprint density at radius 2 is 1.86 bits per heavy atom. The van der Waals surface area contributed by atoms with E-state index in [1.165, 1.54) is 0 Å². The summed E-state index contributed by atoms with van der Waals surface area (Å²) in [5.41, 5.74) is 2.95. The normalized spacial score (nSPS) is 11.0. The molecule has 4 nitrogen and oxygen atoms in total. The molecule has 0 aliphatic heterocycles. The van der Waals surface area contributed by atoms with Crippen molar-refractivity contribution >= 4 is 23.6 Å². The first-order chi connectivity index (χ1) is 10.1. The molecule has 4 heteroatoms. The first-order valence-electron chi connectivity index (χ1n) is 6.60. The van der Waals surface area contributed by atoms with E-state index < -0.39 is 0 Å². The lowest BCUT2D eigenvalue weighted by Crippen LogP contribution is -2.28. The van der Waals surface area contributed by atoms with Crippen molar-refractivity contribution in [2.75, 3.05) is 11.9 Å². The molecule has 2 aromatic carbocycles. The molecule has 0 fully saturated rings. The molecule has 0 amide bonds. The van der Waals surface area contributed by atoms with Crippen molar-refractivity contribution in [2.24, 2.45) is 4.99 Å². The van der Waals surface area contributed by atoms with Crippen molar-refractivity contribution < 1.29 is 4.79 Å². The molecule has 1 N–H and O–H groups in total. The molecule has 106 valence electrons. The second-order valence-electron chi connectivity index (χ2n) is 4.70. The molecule has 2 rings (SSSR count). The van der Waals surface area contributed by atoms with Crippen molar-refractivity contribution in [3.05, 3.63) is 65.7 Å². The number of rotatable bonds is 3. The first-order valence-corrected chi connectivity index (χ1v) is 6.60. The number of hydrogen-bond acceptors (Lipinski definition) is 2. The van der Waals surface area contributed by atoms with Crippen LogP contribution in [0.5, 0.6) is 0 Å². The molecule has 0 aliphatic carbocycles. The first kappa shape index (κ1) is 14.7. The minimum Gasteiger partial charge on any atom is -0.329 e. The van der Waals surface area contributed by atoms with E-state index in [0.717, 1.165) is 16.8 Å². The topological polar surface area (TPSA) is 56.5 Å². The fraction of sp³-hybridized carbons (Fsp3) is 0.118. The number of hydrogen-bond donors (Lipinski definition) is 1. The van der Waals surface area contributed by atoms with Gasteiger partial charge in [0, 0.05) is 18.3 Å². The molecule has 0 radical (unpaired) electrons. The maximum atomic E-state index is 10.7. The maximum Gasteiger partial charge on any atom is 0.187 e.